The van der Waals surface area contributed by atoms with Crippen LogP contribution >= 0.6 is 23.2 Å². The molecule has 35 heavy (non-hydrogen) atoms. The molecule has 186 valence electrons. The van der Waals surface area contributed by atoms with Gasteiger partial charge in [-0.3, -0.25) is 0 Å². The van der Waals surface area contributed by atoms with Crippen LogP contribution in [-0.4, -0.2) is 42.0 Å². The summed E-state index contributed by atoms with van der Waals surface area (Å²) in [7, 11) is 2.12. The number of benzene rings is 3. The van der Waals surface area contributed by atoms with Crippen LogP contribution in [0.4, 0.5) is 0 Å². The van der Waals surface area contributed by atoms with E-state index in [0.717, 1.165) is 0 Å². The van der Waals surface area contributed by atoms with E-state index < -0.39 is 9.84 Å². The Morgan fingerprint density at radius 2 is 1.43 bits per heavy atom. The molecule has 0 unspecified atom stereocenters. The highest BCUT2D eigenvalue weighted by molar-refractivity contribution is 7.90. The number of aromatic hydroxyl groups is 1. The average Bonchev–Trinajstić information content (AvgIpc) is 2.84. The zero-order valence-corrected chi connectivity index (χ0v) is 21.8. The number of sulfone groups is 1. The van der Waals surface area contributed by atoms with E-state index in [-0.39, 0.29) is 32.2 Å². The predicted molar refractivity (Wildman–Crippen MR) is 137 cm³/mol. The van der Waals surface area contributed by atoms with Crippen LogP contribution in [0.2, 0.25) is 10.0 Å². The molecule has 1 N–H and O–H groups in total. The van der Waals surface area contributed by atoms with E-state index in [2.05, 4.69) is 0 Å². The average molecular weight is 539 g/mol. The third-order valence-corrected chi connectivity index (χ3v) is 7.58. The molecule has 0 aromatic heterocycles. The Morgan fingerprint density at radius 1 is 0.800 bits per heavy atom. The second kappa shape index (κ2) is 11.1. The summed E-state index contributed by atoms with van der Waals surface area (Å²) in [4.78, 5) is 0.0264. The summed E-state index contributed by atoms with van der Waals surface area (Å²) < 4.78 is 47.6. The molecule has 7 nitrogen and oxygen atoms in total. The number of phenolic OH excluding ortho intramolecular Hbond substituents is 1. The van der Waals surface area contributed by atoms with Crippen LogP contribution in [0.1, 0.15) is 16.7 Å². The van der Waals surface area contributed by atoms with Gasteiger partial charge in [-0.15, -0.1) is 0 Å². The molecule has 0 radical (unpaired) electrons. The highest BCUT2D eigenvalue weighted by Gasteiger charge is 2.20. The normalized spacial score (nSPS) is 11.5. The van der Waals surface area contributed by atoms with Crippen LogP contribution in [0.3, 0.4) is 0 Å². The lowest BCUT2D eigenvalue weighted by Crippen LogP contribution is -2.07. The van der Waals surface area contributed by atoms with Gasteiger partial charge in [0.1, 0.15) is 0 Å². The van der Waals surface area contributed by atoms with Gasteiger partial charge in [-0.25, -0.2) is 8.42 Å². The fraction of sp³-hybridized carbons (Fsp3) is 0.200. The number of ether oxygens (including phenoxy) is 4. The Balaban J connectivity index is 2.06. The Bertz CT molecular complexity index is 1340. The molecule has 3 aromatic rings. The van der Waals surface area contributed by atoms with Gasteiger partial charge in [-0.1, -0.05) is 35.4 Å². The molecule has 3 aromatic carbocycles. The van der Waals surface area contributed by atoms with Crippen molar-refractivity contribution >= 4 is 45.2 Å². The molecule has 0 heterocycles. The van der Waals surface area contributed by atoms with Gasteiger partial charge in [0.25, 0.3) is 0 Å². The Morgan fingerprint density at radius 3 is 1.97 bits per heavy atom. The number of halogens is 2. The second-order valence-corrected chi connectivity index (χ2v) is 10.2. The first-order valence-electron chi connectivity index (χ1n) is 10.2. The van der Waals surface area contributed by atoms with Gasteiger partial charge in [0.15, 0.2) is 32.8 Å². The number of phenols is 1. The Kier molecular flexibility index (Phi) is 8.43. The molecule has 0 amide bonds. The summed E-state index contributed by atoms with van der Waals surface area (Å²) in [6.07, 6.45) is 3.42. The summed E-state index contributed by atoms with van der Waals surface area (Å²) in [5, 5.41) is 10.7. The third kappa shape index (κ3) is 5.96. The maximum atomic E-state index is 13.1. The van der Waals surface area contributed by atoms with Crippen LogP contribution in [0.15, 0.2) is 47.4 Å². The van der Waals surface area contributed by atoms with Gasteiger partial charge >= 0.3 is 0 Å². The largest absolute Gasteiger partial charge is 0.504 e. The first kappa shape index (κ1) is 26.5. The molecule has 0 saturated carbocycles. The smallest absolute Gasteiger partial charge is 0.203 e. The first-order valence-corrected chi connectivity index (χ1v) is 12.6. The summed E-state index contributed by atoms with van der Waals surface area (Å²) in [5.41, 5.74) is 1.59. The van der Waals surface area contributed by atoms with Crippen molar-refractivity contribution in [2.24, 2.45) is 0 Å². The van der Waals surface area contributed by atoms with Crippen molar-refractivity contribution in [1.29, 1.82) is 0 Å². The molecule has 0 aliphatic carbocycles. The molecule has 0 aliphatic heterocycles. The van der Waals surface area contributed by atoms with Crippen LogP contribution in [0.25, 0.3) is 12.2 Å². The van der Waals surface area contributed by atoms with Crippen molar-refractivity contribution in [3.05, 3.63) is 69.2 Å². The molecule has 3 rings (SSSR count). The molecule has 0 spiro atoms. The molecule has 0 atom stereocenters. The van der Waals surface area contributed by atoms with Gasteiger partial charge in [-0.05, 0) is 59.2 Å². The molecule has 0 saturated heterocycles. The summed E-state index contributed by atoms with van der Waals surface area (Å²) in [5.74, 6) is 1.03. The maximum absolute atomic E-state index is 13.1. The standard InChI is InChI=1S/C25H24Cl2O7S/c1-31-22-12-17(14-35(29,30)18-7-8-19(26)20(27)13-18)16(11-21(22)28)6-5-15-9-23(32-2)25(34-4)24(10-15)33-3/h5-13,28H,14H2,1-4H3/b6-5-. The Hall–Kier alpha value is -3.07. The molecular formula is C25H24Cl2O7S. The van der Waals surface area contributed by atoms with E-state index in [1.54, 1.807) is 24.3 Å². The lowest BCUT2D eigenvalue weighted by atomic mass is 10.1. The van der Waals surface area contributed by atoms with Crippen molar-refractivity contribution in [1.82, 2.24) is 0 Å². The van der Waals surface area contributed by atoms with E-state index in [1.165, 1.54) is 58.8 Å². The quantitative estimate of drug-likeness (QED) is 0.340. The zero-order chi connectivity index (χ0) is 25.8. The highest BCUT2D eigenvalue weighted by Crippen LogP contribution is 2.39. The second-order valence-electron chi connectivity index (χ2n) is 7.35. The van der Waals surface area contributed by atoms with Gasteiger partial charge in [0.05, 0.1) is 49.1 Å². The number of hydrogen-bond donors (Lipinski definition) is 1. The monoisotopic (exact) mass is 538 g/mol. The SMILES string of the molecule is COc1cc(CS(=O)(=O)c2ccc(Cl)c(Cl)c2)c(/C=C\c2cc(OC)c(OC)c(OC)c2)cc1O. The van der Waals surface area contributed by atoms with Gasteiger partial charge in [0, 0.05) is 0 Å². The topological polar surface area (TPSA) is 91.3 Å². The number of rotatable bonds is 9. The summed E-state index contributed by atoms with van der Waals surface area (Å²) in [6.45, 7) is 0. The lowest BCUT2D eigenvalue weighted by Gasteiger charge is -2.13. The Labute approximate surface area is 214 Å². The highest BCUT2D eigenvalue weighted by atomic mass is 35.5. The zero-order valence-electron chi connectivity index (χ0n) is 19.5. The summed E-state index contributed by atoms with van der Waals surface area (Å²) >= 11 is 12.0. The minimum absolute atomic E-state index is 0.0264. The van der Waals surface area contributed by atoms with Gasteiger partial charge in [-0.2, -0.15) is 0 Å². The number of hydrogen-bond acceptors (Lipinski definition) is 7. The van der Waals surface area contributed by atoms with Crippen LogP contribution in [0, 0.1) is 0 Å². The molecule has 0 aliphatic rings. The van der Waals surface area contributed by atoms with E-state index >= 15 is 0 Å². The van der Waals surface area contributed by atoms with E-state index in [1.807, 2.05) is 0 Å². The minimum Gasteiger partial charge on any atom is -0.504 e. The van der Waals surface area contributed by atoms with Crippen molar-refractivity contribution in [2.45, 2.75) is 10.6 Å². The lowest BCUT2D eigenvalue weighted by molar-refractivity contribution is 0.324. The minimum atomic E-state index is -3.80. The van der Waals surface area contributed by atoms with Crippen molar-refractivity contribution < 1.29 is 32.5 Å². The first-order chi connectivity index (χ1) is 16.6. The van der Waals surface area contributed by atoms with E-state index in [4.69, 9.17) is 42.1 Å². The molecular weight excluding hydrogens is 515 g/mol. The maximum Gasteiger partial charge on any atom is 0.203 e. The fourth-order valence-corrected chi connectivity index (χ4v) is 5.17. The van der Waals surface area contributed by atoms with Crippen molar-refractivity contribution in [3.63, 3.8) is 0 Å². The summed E-state index contributed by atoms with van der Waals surface area (Å²) in [6, 6.07) is 10.5. The van der Waals surface area contributed by atoms with Crippen molar-refractivity contribution in [3.8, 4) is 28.7 Å². The van der Waals surface area contributed by atoms with Gasteiger partial charge in [0.2, 0.25) is 5.75 Å². The van der Waals surface area contributed by atoms with E-state index in [9.17, 15) is 13.5 Å². The molecule has 0 fully saturated rings. The van der Waals surface area contributed by atoms with Crippen LogP contribution < -0.4 is 18.9 Å². The predicted octanol–water partition coefficient (Wildman–Crippen LogP) is 5.88. The number of methoxy groups -OCH3 is 4. The fourth-order valence-electron chi connectivity index (χ4n) is 3.41. The molecule has 10 heteroatoms. The molecule has 0 bridgehead atoms. The van der Waals surface area contributed by atoms with Crippen molar-refractivity contribution in [2.75, 3.05) is 28.4 Å². The van der Waals surface area contributed by atoms with Gasteiger partial charge < -0.3 is 24.1 Å². The van der Waals surface area contributed by atoms with E-state index in [0.29, 0.717) is 33.9 Å². The van der Waals surface area contributed by atoms with Crippen LogP contribution in [-0.2, 0) is 15.6 Å². The van der Waals surface area contributed by atoms with Crippen LogP contribution in [0.5, 0.6) is 28.7 Å². The third-order valence-electron chi connectivity index (χ3n) is 5.18.